The number of benzene rings is 1. The van der Waals surface area contributed by atoms with E-state index in [0.717, 1.165) is 5.39 Å². The van der Waals surface area contributed by atoms with Crippen LogP contribution in [0.2, 0.25) is 0 Å². The third kappa shape index (κ3) is 2.05. The molecule has 0 saturated heterocycles. The first-order chi connectivity index (χ1) is 8.50. The summed E-state index contributed by atoms with van der Waals surface area (Å²) < 4.78 is 1.29. The zero-order chi connectivity index (χ0) is 13.3. The number of rotatable bonds is 3. The van der Waals surface area contributed by atoms with E-state index in [1.54, 1.807) is 18.2 Å². The zero-order valence-electron chi connectivity index (χ0n) is 9.54. The SMILES string of the molecule is NC(=O)n1cc(CC(N)C(=O)O)c2ccccc21. The number of hydrogen-bond acceptors (Lipinski definition) is 3. The van der Waals surface area contributed by atoms with Crippen molar-refractivity contribution in [3.05, 3.63) is 36.0 Å². The van der Waals surface area contributed by atoms with Crippen LogP contribution in [0.1, 0.15) is 5.56 Å². The molecule has 6 heteroatoms. The van der Waals surface area contributed by atoms with E-state index < -0.39 is 18.0 Å². The lowest BCUT2D eigenvalue weighted by atomic mass is 10.1. The maximum atomic E-state index is 11.3. The standard InChI is InChI=1S/C12H13N3O3/c13-9(11(16)17)5-7-6-15(12(14)18)10-4-2-1-3-8(7)10/h1-4,6,9H,5,13H2,(H2,14,18)(H,16,17). The Bertz CT molecular complexity index is 618. The van der Waals surface area contributed by atoms with Gasteiger partial charge in [0.2, 0.25) is 0 Å². The first kappa shape index (κ1) is 12.1. The molecule has 1 heterocycles. The number of hydrogen-bond donors (Lipinski definition) is 3. The molecule has 0 aliphatic carbocycles. The number of primary amides is 1. The lowest BCUT2D eigenvalue weighted by molar-refractivity contribution is -0.138. The fourth-order valence-corrected chi connectivity index (χ4v) is 1.92. The molecule has 0 saturated carbocycles. The molecular weight excluding hydrogens is 234 g/mol. The quantitative estimate of drug-likeness (QED) is 0.734. The monoisotopic (exact) mass is 247 g/mol. The summed E-state index contributed by atoms with van der Waals surface area (Å²) in [4.78, 5) is 22.0. The van der Waals surface area contributed by atoms with Crippen LogP contribution in [0.3, 0.4) is 0 Å². The summed E-state index contributed by atoms with van der Waals surface area (Å²) in [6, 6.07) is 5.53. The van der Waals surface area contributed by atoms with Gasteiger partial charge in [-0.25, -0.2) is 4.79 Å². The second-order valence-corrected chi connectivity index (χ2v) is 4.03. The molecule has 18 heavy (non-hydrogen) atoms. The molecule has 1 aromatic carbocycles. The summed E-state index contributed by atoms with van der Waals surface area (Å²) in [5.41, 5.74) is 12.1. The first-order valence-electron chi connectivity index (χ1n) is 5.38. The molecular formula is C12H13N3O3. The summed E-state index contributed by atoms with van der Waals surface area (Å²) in [6.45, 7) is 0. The largest absolute Gasteiger partial charge is 0.480 e. The van der Waals surface area contributed by atoms with E-state index in [1.165, 1.54) is 10.8 Å². The normalized spacial score (nSPS) is 12.5. The number of carboxylic acid groups (broad SMARTS) is 1. The van der Waals surface area contributed by atoms with Crippen LogP contribution in [-0.2, 0) is 11.2 Å². The van der Waals surface area contributed by atoms with Gasteiger partial charge in [0.05, 0.1) is 5.52 Å². The molecule has 0 bridgehead atoms. The average Bonchev–Trinajstić information content (AvgIpc) is 2.68. The van der Waals surface area contributed by atoms with Crippen LogP contribution in [-0.4, -0.2) is 27.7 Å². The van der Waals surface area contributed by atoms with Gasteiger partial charge in [0.15, 0.2) is 0 Å². The van der Waals surface area contributed by atoms with E-state index >= 15 is 0 Å². The summed E-state index contributed by atoms with van der Waals surface area (Å²) >= 11 is 0. The number of nitrogens with zero attached hydrogens (tertiary/aromatic N) is 1. The summed E-state index contributed by atoms with van der Waals surface area (Å²) in [5, 5.41) is 9.59. The predicted molar refractivity (Wildman–Crippen MR) is 66.2 cm³/mol. The van der Waals surface area contributed by atoms with Crippen molar-refractivity contribution in [2.75, 3.05) is 0 Å². The van der Waals surface area contributed by atoms with E-state index in [1.807, 2.05) is 6.07 Å². The molecule has 6 nitrogen and oxygen atoms in total. The van der Waals surface area contributed by atoms with Gasteiger partial charge in [-0.1, -0.05) is 18.2 Å². The molecule has 1 unspecified atom stereocenters. The number of carbonyl (C=O) groups excluding carboxylic acids is 1. The highest BCUT2D eigenvalue weighted by atomic mass is 16.4. The van der Waals surface area contributed by atoms with Crippen molar-refractivity contribution in [3.63, 3.8) is 0 Å². The molecule has 2 rings (SSSR count). The fourth-order valence-electron chi connectivity index (χ4n) is 1.92. The van der Waals surface area contributed by atoms with Crippen LogP contribution < -0.4 is 11.5 Å². The van der Waals surface area contributed by atoms with Crippen molar-refractivity contribution in [1.82, 2.24) is 4.57 Å². The molecule has 94 valence electrons. The molecule has 0 radical (unpaired) electrons. The van der Waals surface area contributed by atoms with Gasteiger partial charge in [-0.2, -0.15) is 0 Å². The Kier molecular flexibility index (Phi) is 3.03. The van der Waals surface area contributed by atoms with Gasteiger partial charge in [0.25, 0.3) is 0 Å². The minimum absolute atomic E-state index is 0.149. The minimum atomic E-state index is -1.08. The number of nitrogens with two attached hydrogens (primary N) is 2. The molecule has 1 aromatic heterocycles. The van der Waals surface area contributed by atoms with Gasteiger partial charge in [0, 0.05) is 18.0 Å². The first-order valence-corrected chi connectivity index (χ1v) is 5.38. The number of aromatic nitrogens is 1. The van der Waals surface area contributed by atoms with E-state index in [4.69, 9.17) is 16.6 Å². The predicted octanol–water partition coefficient (Wildman–Crippen LogP) is 0.523. The van der Waals surface area contributed by atoms with Crippen molar-refractivity contribution in [2.24, 2.45) is 11.5 Å². The van der Waals surface area contributed by atoms with Crippen LogP contribution >= 0.6 is 0 Å². The van der Waals surface area contributed by atoms with Gasteiger partial charge < -0.3 is 16.6 Å². The lowest BCUT2D eigenvalue weighted by Gasteiger charge is -2.04. The number of aliphatic carboxylic acids is 1. The molecule has 0 aliphatic rings. The lowest BCUT2D eigenvalue weighted by Crippen LogP contribution is -2.32. The summed E-state index contributed by atoms with van der Waals surface area (Å²) in [5.74, 6) is -1.08. The van der Waals surface area contributed by atoms with Crippen LogP contribution in [0.15, 0.2) is 30.5 Å². The third-order valence-electron chi connectivity index (χ3n) is 2.79. The second-order valence-electron chi connectivity index (χ2n) is 4.03. The van der Waals surface area contributed by atoms with Gasteiger partial charge in [-0.3, -0.25) is 9.36 Å². The van der Waals surface area contributed by atoms with Crippen LogP contribution in [0, 0.1) is 0 Å². The van der Waals surface area contributed by atoms with E-state index in [0.29, 0.717) is 11.1 Å². The van der Waals surface area contributed by atoms with Crippen LogP contribution in [0.5, 0.6) is 0 Å². The van der Waals surface area contributed by atoms with Crippen molar-refractivity contribution in [1.29, 1.82) is 0 Å². The Balaban J connectivity index is 2.51. The Morgan fingerprint density at radius 1 is 1.33 bits per heavy atom. The van der Waals surface area contributed by atoms with E-state index in [2.05, 4.69) is 0 Å². The summed E-state index contributed by atoms with van der Waals surface area (Å²) in [6.07, 6.45) is 1.69. The number of fused-ring (bicyclic) bond motifs is 1. The van der Waals surface area contributed by atoms with Gasteiger partial charge >= 0.3 is 12.0 Å². The van der Waals surface area contributed by atoms with Gasteiger partial charge in [-0.05, 0) is 11.6 Å². The maximum Gasteiger partial charge on any atom is 0.323 e. The minimum Gasteiger partial charge on any atom is -0.480 e. The number of carbonyl (C=O) groups is 2. The highest BCUT2D eigenvalue weighted by Crippen LogP contribution is 2.21. The topological polar surface area (TPSA) is 111 Å². The molecule has 0 fully saturated rings. The number of carboxylic acids is 1. The van der Waals surface area contributed by atoms with Crippen molar-refractivity contribution in [2.45, 2.75) is 12.5 Å². The number of para-hydroxylation sites is 1. The molecule has 5 N–H and O–H groups in total. The van der Waals surface area contributed by atoms with E-state index in [-0.39, 0.29) is 6.42 Å². The zero-order valence-corrected chi connectivity index (χ0v) is 9.54. The Morgan fingerprint density at radius 3 is 2.61 bits per heavy atom. The maximum absolute atomic E-state index is 11.3. The molecule has 0 aliphatic heterocycles. The van der Waals surface area contributed by atoms with Crippen LogP contribution in [0.4, 0.5) is 4.79 Å². The average molecular weight is 247 g/mol. The molecule has 2 aromatic rings. The Morgan fingerprint density at radius 2 is 2.00 bits per heavy atom. The molecule has 1 atom stereocenters. The Hall–Kier alpha value is -2.34. The Labute approximate surface area is 103 Å². The van der Waals surface area contributed by atoms with Crippen molar-refractivity contribution < 1.29 is 14.7 Å². The fraction of sp³-hybridized carbons (Fsp3) is 0.167. The molecule has 0 spiro atoms. The smallest absolute Gasteiger partial charge is 0.323 e. The van der Waals surface area contributed by atoms with Crippen molar-refractivity contribution >= 4 is 22.9 Å². The van der Waals surface area contributed by atoms with E-state index in [9.17, 15) is 9.59 Å². The highest BCUT2D eigenvalue weighted by molar-refractivity contribution is 5.93. The van der Waals surface area contributed by atoms with Crippen molar-refractivity contribution in [3.8, 4) is 0 Å². The van der Waals surface area contributed by atoms with Gasteiger partial charge in [0.1, 0.15) is 6.04 Å². The second kappa shape index (κ2) is 4.50. The molecule has 1 amide bonds. The van der Waals surface area contributed by atoms with Crippen LogP contribution in [0.25, 0.3) is 10.9 Å². The summed E-state index contributed by atoms with van der Waals surface area (Å²) in [7, 11) is 0. The number of amides is 1. The third-order valence-corrected chi connectivity index (χ3v) is 2.79. The van der Waals surface area contributed by atoms with Gasteiger partial charge in [-0.15, -0.1) is 0 Å². The highest BCUT2D eigenvalue weighted by Gasteiger charge is 2.17.